The highest BCUT2D eigenvalue weighted by molar-refractivity contribution is 7.99. The number of rotatable bonds is 7. The van der Waals surface area contributed by atoms with Gasteiger partial charge in [0, 0.05) is 17.8 Å². The Kier molecular flexibility index (Phi) is 6.53. The van der Waals surface area contributed by atoms with Crippen molar-refractivity contribution in [1.82, 2.24) is 0 Å². The highest BCUT2D eigenvalue weighted by atomic mass is 32.2. The zero-order chi connectivity index (χ0) is 21.0. The molecule has 0 radical (unpaired) electrons. The molecule has 5 nitrogen and oxygen atoms in total. The first-order valence-electron chi connectivity index (χ1n) is 8.96. The third-order valence-electron chi connectivity index (χ3n) is 3.97. The zero-order valence-electron chi connectivity index (χ0n) is 15.8. The Bertz CT molecular complexity index is 1080. The van der Waals surface area contributed by atoms with Gasteiger partial charge < -0.3 is 14.5 Å². The number of nitrogens with one attached hydrogen (secondary N) is 1. The van der Waals surface area contributed by atoms with Crippen LogP contribution < -0.4 is 10.7 Å². The Hall–Kier alpha value is -2.87. The van der Waals surface area contributed by atoms with Crippen molar-refractivity contribution in [1.29, 1.82) is 0 Å². The number of benzene rings is 2. The number of hydrogen-bond donors (Lipinski definition) is 1. The van der Waals surface area contributed by atoms with E-state index in [0.29, 0.717) is 16.1 Å². The van der Waals surface area contributed by atoms with Crippen LogP contribution in [-0.4, -0.2) is 24.4 Å². The van der Waals surface area contributed by atoms with Gasteiger partial charge in [0.25, 0.3) is 0 Å². The Morgan fingerprint density at radius 3 is 2.59 bits per heavy atom. The van der Waals surface area contributed by atoms with Gasteiger partial charge in [-0.3, -0.25) is 4.79 Å². The van der Waals surface area contributed by atoms with E-state index in [-0.39, 0.29) is 29.3 Å². The van der Waals surface area contributed by atoms with Crippen LogP contribution >= 0.6 is 11.8 Å². The molecule has 1 heterocycles. The third-order valence-corrected chi connectivity index (χ3v) is 4.74. The van der Waals surface area contributed by atoms with Crippen LogP contribution in [0.4, 0.5) is 14.5 Å². The lowest BCUT2D eigenvalue weighted by Gasteiger charge is -2.15. The standard InChI is InChI=1S/C21H19F2NO4S/c1-3-29-20-10-18(25)17-6-13(4-5-19(17)28-20)21(26)27-11-12(2)24-16-8-14(22)7-15(23)9-16/h4-10,12,24H,3,11H2,1-2H3. The Morgan fingerprint density at radius 2 is 1.90 bits per heavy atom. The maximum atomic E-state index is 13.2. The van der Waals surface area contributed by atoms with Crippen LogP contribution in [0.2, 0.25) is 0 Å². The fraction of sp³-hybridized carbons (Fsp3) is 0.238. The molecule has 3 rings (SSSR count). The molecule has 152 valence electrons. The number of anilines is 1. The molecule has 1 aromatic heterocycles. The normalized spacial score (nSPS) is 12.0. The van der Waals surface area contributed by atoms with Crippen molar-refractivity contribution in [2.75, 3.05) is 17.7 Å². The molecule has 0 saturated heterocycles. The van der Waals surface area contributed by atoms with Crippen LogP contribution in [0.25, 0.3) is 11.0 Å². The van der Waals surface area contributed by atoms with Gasteiger partial charge in [0.2, 0.25) is 0 Å². The van der Waals surface area contributed by atoms with Crippen LogP contribution in [0.1, 0.15) is 24.2 Å². The number of carbonyl (C=O) groups is 1. The van der Waals surface area contributed by atoms with Crippen molar-refractivity contribution in [2.45, 2.75) is 25.0 Å². The Labute approximate surface area is 170 Å². The van der Waals surface area contributed by atoms with Gasteiger partial charge in [-0.25, -0.2) is 13.6 Å². The minimum atomic E-state index is -0.702. The molecule has 0 bridgehead atoms. The largest absolute Gasteiger partial charge is 0.460 e. The SMILES string of the molecule is CCSc1cc(=O)c2cc(C(=O)OCC(C)Nc3cc(F)cc(F)c3)ccc2o1. The van der Waals surface area contributed by atoms with Gasteiger partial charge in [-0.2, -0.15) is 0 Å². The molecule has 1 atom stereocenters. The monoisotopic (exact) mass is 419 g/mol. The minimum Gasteiger partial charge on any atom is -0.460 e. The maximum Gasteiger partial charge on any atom is 0.338 e. The zero-order valence-corrected chi connectivity index (χ0v) is 16.6. The van der Waals surface area contributed by atoms with Crippen molar-refractivity contribution in [2.24, 2.45) is 0 Å². The second-order valence-corrected chi connectivity index (χ2v) is 7.64. The summed E-state index contributed by atoms with van der Waals surface area (Å²) in [6, 6.07) is 8.59. The van der Waals surface area contributed by atoms with Crippen molar-refractivity contribution in [3.05, 3.63) is 69.9 Å². The summed E-state index contributed by atoms with van der Waals surface area (Å²) < 4.78 is 37.4. The van der Waals surface area contributed by atoms with Crippen LogP contribution in [0.3, 0.4) is 0 Å². The predicted octanol–water partition coefficient (Wildman–Crippen LogP) is 4.84. The Morgan fingerprint density at radius 1 is 1.17 bits per heavy atom. The average Bonchev–Trinajstić information content (AvgIpc) is 2.65. The summed E-state index contributed by atoms with van der Waals surface area (Å²) in [7, 11) is 0. The maximum absolute atomic E-state index is 13.2. The average molecular weight is 419 g/mol. The molecule has 0 amide bonds. The molecule has 0 fully saturated rings. The molecule has 8 heteroatoms. The molecule has 29 heavy (non-hydrogen) atoms. The quantitative estimate of drug-likeness (QED) is 0.437. The molecule has 1 unspecified atom stereocenters. The van der Waals surface area contributed by atoms with Gasteiger partial charge in [-0.15, -0.1) is 0 Å². The number of hydrogen-bond acceptors (Lipinski definition) is 6. The van der Waals surface area contributed by atoms with Gasteiger partial charge in [0.15, 0.2) is 10.5 Å². The lowest BCUT2D eigenvalue weighted by atomic mass is 10.1. The summed E-state index contributed by atoms with van der Waals surface area (Å²) in [4.78, 5) is 24.6. The van der Waals surface area contributed by atoms with E-state index in [2.05, 4.69) is 5.32 Å². The molecule has 0 aliphatic rings. The van der Waals surface area contributed by atoms with Crippen LogP contribution in [0.5, 0.6) is 0 Å². The summed E-state index contributed by atoms with van der Waals surface area (Å²) in [5, 5.41) is 3.68. The van der Waals surface area contributed by atoms with Crippen LogP contribution in [0, 0.1) is 11.6 Å². The lowest BCUT2D eigenvalue weighted by Crippen LogP contribution is -2.24. The van der Waals surface area contributed by atoms with Gasteiger partial charge >= 0.3 is 5.97 Å². The van der Waals surface area contributed by atoms with Crippen molar-refractivity contribution >= 4 is 34.4 Å². The molecule has 0 saturated carbocycles. The first kappa shape index (κ1) is 20.9. The predicted molar refractivity (Wildman–Crippen MR) is 109 cm³/mol. The highest BCUT2D eigenvalue weighted by Gasteiger charge is 2.13. The van der Waals surface area contributed by atoms with E-state index in [9.17, 15) is 18.4 Å². The van der Waals surface area contributed by atoms with Crippen LogP contribution in [0.15, 0.2) is 56.8 Å². The topological polar surface area (TPSA) is 68.5 Å². The molecular formula is C21H19F2NO4S. The number of thioether (sulfide) groups is 1. The smallest absolute Gasteiger partial charge is 0.338 e. The van der Waals surface area contributed by atoms with E-state index in [1.165, 1.54) is 30.0 Å². The van der Waals surface area contributed by atoms with Crippen LogP contribution in [-0.2, 0) is 4.74 Å². The van der Waals surface area contributed by atoms with E-state index < -0.39 is 17.6 Å². The first-order valence-corrected chi connectivity index (χ1v) is 9.94. The number of ether oxygens (including phenoxy) is 1. The third kappa shape index (κ3) is 5.35. The van der Waals surface area contributed by atoms with Crippen molar-refractivity contribution < 1.29 is 22.7 Å². The van der Waals surface area contributed by atoms with E-state index >= 15 is 0 Å². The lowest BCUT2D eigenvalue weighted by molar-refractivity contribution is 0.0494. The van der Waals surface area contributed by atoms with E-state index in [4.69, 9.17) is 9.15 Å². The van der Waals surface area contributed by atoms with Crippen molar-refractivity contribution in [3.8, 4) is 0 Å². The summed E-state index contributed by atoms with van der Waals surface area (Å²) in [6.07, 6.45) is 0. The van der Waals surface area contributed by atoms with Gasteiger partial charge in [0.1, 0.15) is 23.8 Å². The van der Waals surface area contributed by atoms with Crippen molar-refractivity contribution in [3.63, 3.8) is 0 Å². The van der Waals surface area contributed by atoms with E-state index in [1.54, 1.807) is 13.0 Å². The van der Waals surface area contributed by atoms with Gasteiger partial charge in [0.05, 0.1) is 17.0 Å². The number of esters is 1. The fourth-order valence-electron chi connectivity index (χ4n) is 2.72. The summed E-state index contributed by atoms with van der Waals surface area (Å²) in [6.45, 7) is 3.63. The second-order valence-electron chi connectivity index (χ2n) is 6.38. The molecule has 0 aliphatic carbocycles. The summed E-state index contributed by atoms with van der Waals surface area (Å²) >= 11 is 1.42. The number of fused-ring (bicyclic) bond motifs is 1. The molecule has 1 N–H and O–H groups in total. The fourth-order valence-corrected chi connectivity index (χ4v) is 3.35. The Balaban J connectivity index is 1.67. The molecule has 0 spiro atoms. The highest BCUT2D eigenvalue weighted by Crippen LogP contribution is 2.22. The molecular weight excluding hydrogens is 400 g/mol. The van der Waals surface area contributed by atoms with E-state index in [0.717, 1.165) is 24.0 Å². The molecule has 0 aliphatic heterocycles. The summed E-state index contributed by atoms with van der Waals surface area (Å²) in [5.41, 5.74) is 0.619. The van der Waals surface area contributed by atoms with Gasteiger partial charge in [-0.05, 0) is 43.0 Å². The van der Waals surface area contributed by atoms with E-state index in [1.807, 2.05) is 6.92 Å². The number of halogens is 2. The number of carbonyl (C=O) groups excluding carboxylic acids is 1. The molecule has 3 aromatic rings. The summed E-state index contributed by atoms with van der Waals surface area (Å²) in [5.74, 6) is -1.25. The van der Waals surface area contributed by atoms with Gasteiger partial charge in [-0.1, -0.05) is 18.7 Å². The molecule has 2 aromatic carbocycles. The minimum absolute atomic E-state index is 0.0321. The second kappa shape index (κ2) is 9.09. The first-order chi connectivity index (χ1) is 13.9.